The molecule has 0 N–H and O–H groups in total. The lowest BCUT2D eigenvalue weighted by molar-refractivity contribution is -0.0377. The zero-order chi connectivity index (χ0) is 7.61. The Labute approximate surface area is 60.0 Å². The predicted molar refractivity (Wildman–Crippen MR) is 36.6 cm³/mol. The molecular weight excluding hydrogens is 160 g/mol. The third-order valence-electron chi connectivity index (χ3n) is 1.72. The Kier molecular flexibility index (Phi) is 2.56. The standard InChI is InChI=1S/C6H10F3P/c7-6(8,9)10-5-3-1-2-4-5/h5,10H,1-4H2. The Hall–Kier alpha value is 0.220. The molecule has 60 valence electrons. The van der Waals surface area contributed by atoms with Gasteiger partial charge >= 0.3 is 5.92 Å². The van der Waals surface area contributed by atoms with Crippen LogP contribution in [0.4, 0.5) is 13.2 Å². The second kappa shape index (κ2) is 3.08. The van der Waals surface area contributed by atoms with Gasteiger partial charge in [0.2, 0.25) is 0 Å². The molecule has 0 saturated heterocycles. The third-order valence-corrected chi connectivity index (χ3v) is 3.04. The van der Waals surface area contributed by atoms with Gasteiger partial charge in [-0.05, 0) is 27.1 Å². The van der Waals surface area contributed by atoms with Crippen LogP contribution in [0.15, 0.2) is 0 Å². The predicted octanol–water partition coefficient (Wildman–Crippen LogP) is 3.13. The molecule has 0 aromatic heterocycles. The lowest BCUT2D eigenvalue weighted by Crippen LogP contribution is -2.04. The minimum absolute atomic E-state index is 0.0417. The highest BCUT2D eigenvalue weighted by Crippen LogP contribution is 2.45. The van der Waals surface area contributed by atoms with Gasteiger partial charge in [0, 0.05) is 0 Å². The molecular formula is C6H10F3P. The van der Waals surface area contributed by atoms with Gasteiger partial charge < -0.3 is 0 Å². The molecule has 0 aromatic rings. The van der Waals surface area contributed by atoms with E-state index in [4.69, 9.17) is 0 Å². The van der Waals surface area contributed by atoms with E-state index in [-0.39, 0.29) is 5.66 Å². The first-order valence-corrected chi connectivity index (χ1v) is 4.50. The van der Waals surface area contributed by atoms with Crippen molar-refractivity contribution in [1.29, 1.82) is 0 Å². The van der Waals surface area contributed by atoms with Crippen molar-refractivity contribution in [3.63, 3.8) is 0 Å². The third kappa shape index (κ3) is 2.87. The van der Waals surface area contributed by atoms with Crippen LogP contribution in [0, 0.1) is 0 Å². The summed E-state index contributed by atoms with van der Waals surface area (Å²) in [5, 5.41) is 0. The lowest BCUT2D eigenvalue weighted by Gasteiger charge is -2.11. The maximum Gasteiger partial charge on any atom is 0.402 e. The summed E-state index contributed by atoms with van der Waals surface area (Å²) in [7, 11) is -0.805. The molecule has 1 atom stereocenters. The van der Waals surface area contributed by atoms with Crippen molar-refractivity contribution in [2.24, 2.45) is 0 Å². The average molecular weight is 170 g/mol. The zero-order valence-electron chi connectivity index (χ0n) is 5.54. The fraction of sp³-hybridized carbons (Fsp3) is 1.00. The molecule has 1 fully saturated rings. The second-order valence-electron chi connectivity index (χ2n) is 2.62. The fourth-order valence-corrected chi connectivity index (χ4v) is 2.46. The summed E-state index contributed by atoms with van der Waals surface area (Å²) in [6.45, 7) is 0. The highest BCUT2D eigenvalue weighted by molar-refractivity contribution is 7.40. The number of hydrogen-bond acceptors (Lipinski definition) is 0. The smallest absolute Gasteiger partial charge is 0.167 e. The van der Waals surface area contributed by atoms with Gasteiger partial charge in [-0.25, -0.2) is 0 Å². The van der Waals surface area contributed by atoms with Gasteiger partial charge in [0.1, 0.15) is 0 Å². The number of hydrogen-bond donors (Lipinski definition) is 0. The van der Waals surface area contributed by atoms with Crippen LogP contribution in [0.5, 0.6) is 0 Å². The molecule has 0 bridgehead atoms. The second-order valence-corrected chi connectivity index (χ2v) is 4.30. The normalized spacial score (nSPS) is 23.1. The Morgan fingerprint density at radius 1 is 1.10 bits per heavy atom. The SMILES string of the molecule is FC(F)(F)PC1CCCC1. The highest BCUT2D eigenvalue weighted by atomic mass is 31.1. The minimum atomic E-state index is -3.91. The molecule has 10 heavy (non-hydrogen) atoms. The van der Waals surface area contributed by atoms with E-state index in [1.165, 1.54) is 0 Å². The van der Waals surface area contributed by atoms with Crippen molar-refractivity contribution in [1.82, 2.24) is 0 Å². The molecule has 0 aromatic carbocycles. The number of rotatable bonds is 1. The summed E-state index contributed by atoms with van der Waals surface area (Å²) in [5.41, 5.74) is -0.0417. The van der Waals surface area contributed by atoms with E-state index in [2.05, 4.69) is 0 Å². The van der Waals surface area contributed by atoms with E-state index < -0.39 is 14.5 Å². The summed E-state index contributed by atoms with van der Waals surface area (Å²) in [6.07, 6.45) is 3.57. The molecule has 0 spiro atoms. The quantitative estimate of drug-likeness (QED) is 0.530. The van der Waals surface area contributed by atoms with Crippen LogP contribution in [0.2, 0.25) is 0 Å². The van der Waals surface area contributed by atoms with Crippen molar-refractivity contribution < 1.29 is 13.2 Å². The van der Waals surface area contributed by atoms with Gasteiger partial charge in [-0.1, -0.05) is 12.8 Å². The molecule has 1 aliphatic carbocycles. The van der Waals surface area contributed by atoms with Gasteiger partial charge in [0.15, 0.2) is 0 Å². The molecule has 0 nitrogen and oxygen atoms in total. The first kappa shape index (κ1) is 8.32. The van der Waals surface area contributed by atoms with Crippen molar-refractivity contribution in [2.45, 2.75) is 37.3 Å². The van der Waals surface area contributed by atoms with Crippen LogP contribution in [0.1, 0.15) is 25.7 Å². The maximum absolute atomic E-state index is 11.7. The van der Waals surface area contributed by atoms with Crippen LogP contribution >= 0.6 is 8.58 Å². The van der Waals surface area contributed by atoms with Crippen LogP contribution in [-0.2, 0) is 0 Å². The summed E-state index contributed by atoms with van der Waals surface area (Å²) in [5.74, 6) is -3.91. The van der Waals surface area contributed by atoms with Gasteiger partial charge in [0.05, 0.1) is 0 Å². The van der Waals surface area contributed by atoms with Crippen LogP contribution in [0.3, 0.4) is 0 Å². The summed E-state index contributed by atoms with van der Waals surface area (Å²) in [6, 6.07) is 0. The first-order chi connectivity index (χ1) is 4.58. The van der Waals surface area contributed by atoms with E-state index >= 15 is 0 Å². The molecule has 1 unspecified atom stereocenters. The lowest BCUT2D eigenvalue weighted by atomic mass is 10.4. The van der Waals surface area contributed by atoms with Crippen molar-refractivity contribution >= 4 is 8.58 Å². The molecule has 0 heterocycles. The summed E-state index contributed by atoms with van der Waals surface area (Å²) >= 11 is 0. The Balaban J connectivity index is 2.24. The largest absolute Gasteiger partial charge is 0.402 e. The molecule has 1 aliphatic rings. The van der Waals surface area contributed by atoms with Crippen LogP contribution in [0.25, 0.3) is 0 Å². The summed E-state index contributed by atoms with van der Waals surface area (Å²) in [4.78, 5) is 0. The van der Waals surface area contributed by atoms with Crippen molar-refractivity contribution in [3.8, 4) is 0 Å². The fourth-order valence-electron chi connectivity index (χ4n) is 1.30. The number of halogens is 3. The topological polar surface area (TPSA) is 0 Å². The monoisotopic (exact) mass is 170 g/mol. The molecule has 1 rings (SSSR count). The average Bonchev–Trinajstić information content (AvgIpc) is 2.12. The Morgan fingerprint density at radius 3 is 2.00 bits per heavy atom. The van der Waals surface area contributed by atoms with Crippen LogP contribution < -0.4 is 0 Å². The first-order valence-electron chi connectivity index (χ1n) is 3.42. The Morgan fingerprint density at radius 2 is 1.60 bits per heavy atom. The van der Waals surface area contributed by atoms with Crippen molar-refractivity contribution in [3.05, 3.63) is 0 Å². The van der Waals surface area contributed by atoms with E-state index in [1.54, 1.807) is 0 Å². The minimum Gasteiger partial charge on any atom is -0.167 e. The molecule has 0 radical (unpaired) electrons. The van der Waals surface area contributed by atoms with Crippen molar-refractivity contribution in [2.75, 3.05) is 0 Å². The van der Waals surface area contributed by atoms with Gasteiger partial charge in [0.25, 0.3) is 0 Å². The number of alkyl halides is 3. The maximum atomic E-state index is 11.7. The Bertz CT molecular complexity index is 104. The summed E-state index contributed by atoms with van der Waals surface area (Å²) < 4.78 is 35.2. The van der Waals surface area contributed by atoms with Gasteiger partial charge in [-0.3, -0.25) is 0 Å². The van der Waals surface area contributed by atoms with E-state index in [1.807, 2.05) is 0 Å². The van der Waals surface area contributed by atoms with E-state index in [0.717, 1.165) is 25.7 Å². The highest BCUT2D eigenvalue weighted by Gasteiger charge is 2.32. The molecule has 1 saturated carbocycles. The molecule has 4 heteroatoms. The molecule has 0 aliphatic heterocycles. The zero-order valence-corrected chi connectivity index (χ0v) is 6.54. The van der Waals surface area contributed by atoms with E-state index in [0.29, 0.717) is 0 Å². The van der Waals surface area contributed by atoms with Crippen LogP contribution in [-0.4, -0.2) is 11.6 Å². The van der Waals surface area contributed by atoms with Gasteiger partial charge in [-0.2, -0.15) is 13.2 Å². The molecule has 0 amide bonds. The van der Waals surface area contributed by atoms with E-state index in [9.17, 15) is 13.2 Å². The van der Waals surface area contributed by atoms with Gasteiger partial charge in [-0.15, -0.1) is 0 Å².